The zero-order chi connectivity index (χ0) is 15.0. The second kappa shape index (κ2) is 5.32. The van der Waals surface area contributed by atoms with Crippen LogP contribution in [0.3, 0.4) is 0 Å². The number of nitrogens with two attached hydrogens (primary N) is 2. The van der Waals surface area contributed by atoms with Gasteiger partial charge in [0, 0.05) is 4.88 Å². The molecule has 0 saturated carbocycles. The molecule has 1 atom stereocenters. The van der Waals surface area contributed by atoms with Crippen LogP contribution in [0.1, 0.15) is 29.3 Å². The Balaban J connectivity index is 1.93. The van der Waals surface area contributed by atoms with E-state index in [4.69, 9.17) is 10.9 Å². The average Bonchev–Trinajstić information content (AvgIpc) is 2.89. The summed E-state index contributed by atoms with van der Waals surface area (Å²) in [6, 6.07) is 6.78. The molecule has 0 amide bonds. The van der Waals surface area contributed by atoms with E-state index in [-0.39, 0.29) is 10.9 Å². The molecule has 0 fully saturated rings. The first kappa shape index (κ1) is 14.4. The van der Waals surface area contributed by atoms with Crippen LogP contribution in [0.4, 0.5) is 11.4 Å². The summed E-state index contributed by atoms with van der Waals surface area (Å²) in [5.74, 6) is 0. The summed E-state index contributed by atoms with van der Waals surface area (Å²) in [7, 11) is -3.73. The minimum Gasteiger partial charge on any atom is -0.397 e. The van der Waals surface area contributed by atoms with Crippen LogP contribution in [0.25, 0.3) is 0 Å². The third-order valence-electron chi connectivity index (χ3n) is 3.73. The molecule has 0 saturated heterocycles. The lowest BCUT2D eigenvalue weighted by Gasteiger charge is -2.25. The van der Waals surface area contributed by atoms with E-state index in [1.165, 1.54) is 22.6 Å². The van der Waals surface area contributed by atoms with Gasteiger partial charge in [0.1, 0.15) is 0 Å². The molecule has 1 unspecified atom stereocenters. The highest BCUT2D eigenvalue weighted by Gasteiger charge is 2.22. The maximum Gasteiger partial charge on any atom is 0.238 e. The number of benzene rings is 1. The number of primary sulfonamides is 1. The Morgan fingerprint density at radius 2 is 2.10 bits per heavy atom. The van der Waals surface area contributed by atoms with Gasteiger partial charge in [-0.3, -0.25) is 0 Å². The van der Waals surface area contributed by atoms with Crippen molar-refractivity contribution in [1.82, 2.24) is 0 Å². The molecule has 2 aromatic rings. The number of thiophene rings is 1. The number of nitrogen functional groups attached to an aromatic ring is 1. The van der Waals surface area contributed by atoms with E-state index < -0.39 is 10.0 Å². The molecule has 1 aromatic heterocycles. The van der Waals surface area contributed by atoms with Gasteiger partial charge in [-0.15, -0.1) is 11.3 Å². The monoisotopic (exact) mass is 323 g/mol. The standard InChI is InChI=1S/C14H17N3O2S2/c15-11-5-4-9(21(16,18)19)8-13(11)17-12-2-1-3-14-10(12)6-7-20-14/h4-8,12,17H,1-3,15H2,(H2,16,18,19). The fourth-order valence-corrected chi connectivity index (χ4v) is 4.19. The fourth-order valence-electron chi connectivity index (χ4n) is 2.66. The van der Waals surface area contributed by atoms with Crippen molar-refractivity contribution in [2.24, 2.45) is 5.14 Å². The summed E-state index contributed by atoms with van der Waals surface area (Å²) in [6.45, 7) is 0. The minimum atomic E-state index is -3.73. The van der Waals surface area contributed by atoms with E-state index >= 15 is 0 Å². The third-order valence-corrected chi connectivity index (χ3v) is 5.64. The van der Waals surface area contributed by atoms with Gasteiger partial charge in [0.15, 0.2) is 0 Å². The zero-order valence-electron chi connectivity index (χ0n) is 11.4. The van der Waals surface area contributed by atoms with Gasteiger partial charge < -0.3 is 11.1 Å². The summed E-state index contributed by atoms with van der Waals surface area (Å²) in [4.78, 5) is 1.46. The molecule has 1 aliphatic rings. The predicted octanol–water partition coefficient (Wildman–Crippen LogP) is 2.47. The van der Waals surface area contributed by atoms with E-state index in [1.54, 1.807) is 17.4 Å². The highest BCUT2D eigenvalue weighted by molar-refractivity contribution is 7.89. The van der Waals surface area contributed by atoms with Gasteiger partial charge in [0.2, 0.25) is 10.0 Å². The van der Waals surface area contributed by atoms with Crippen molar-refractivity contribution in [3.8, 4) is 0 Å². The van der Waals surface area contributed by atoms with E-state index in [1.807, 2.05) is 0 Å². The molecule has 5 N–H and O–H groups in total. The van der Waals surface area contributed by atoms with Gasteiger partial charge >= 0.3 is 0 Å². The van der Waals surface area contributed by atoms with E-state index in [9.17, 15) is 8.42 Å². The van der Waals surface area contributed by atoms with Gasteiger partial charge in [-0.25, -0.2) is 13.6 Å². The Bertz CT molecular complexity index is 768. The third kappa shape index (κ3) is 2.90. The highest BCUT2D eigenvalue weighted by atomic mass is 32.2. The molecule has 5 nitrogen and oxygen atoms in total. The molecule has 0 spiro atoms. The summed E-state index contributed by atoms with van der Waals surface area (Å²) in [6.07, 6.45) is 3.22. The van der Waals surface area contributed by atoms with E-state index in [0.717, 1.165) is 19.3 Å². The topological polar surface area (TPSA) is 98.2 Å². The van der Waals surface area contributed by atoms with E-state index in [0.29, 0.717) is 11.4 Å². The van der Waals surface area contributed by atoms with Crippen LogP contribution in [-0.2, 0) is 16.4 Å². The lowest BCUT2D eigenvalue weighted by molar-refractivity contribution is 0.597. The molecule has 21 heavy (non-hydrogen) atoms. The Hall–Kier alpha value is -1.57. The lowest BCUT2D eigenvalue weighted by atomic mass is 9.94. The Morgan fingerprint density at radius 1 is 1.29 bits per heavy atom. The Kier molecular flexibility index (Phi) is 3.64. The van der Waals surface area contributed by atoms with Crippen LogP contribution >= 0.6 is 11.3 Å². The molecule has 0 radical (unpaired) electrons. The van der Waals surface area contributed by atoms with Gasteiger partial charge in [0.25, 0.3) is 0 Å². The number of hydrogen-bond donors (Lipinski definition) is 3. The molecule has 3 rings (SSSR count). The second-order valence-electron chi connectivity index (χ2n) is 5.18. The van der Waals surface area contributed by atoms with Crippen LogP contribution in [0, 0.1) is 0 Å². The zero-order valence-corrected chi connectivity index (χ0v) is 13.0. The number of aryl methyl sites for hydroxylation is 1. The average molecular weight is 323 g/mol. The van der Waals surface area contributed by atoms with Crippen molar-refractivity contribution in [3.05, 3.63) is 40.1 Å². The van der Waals surface area contributed by atoms with Crippen LogP contribution < -0.4 is 16.2 Å². The summed E-state index contributed by atoms with van der Waals surface area (Å²) < 4.78 is 22.9. The number of sulfonamides is 1. The first-order chi connectivity index (χ1) is 9.95. The van der Waals surface area contributed by atoms with Gasteiger partial charge in [-0.05, 0) is 54.5 Å². The Morgan fingerprint density at radius 3 is 2.86 bits per heavy atom. The maximum atomic E-state index is 11.5. The van der Waals surface area contributed by atoms with Crippen LogP contribution in [0.15, 0.2) is 34.5 Å². The maximum absolute atomic E-state index is 11.5. The van der Waals surface area contributed by atoms with Crippen molar-refractivity contribution < 1.29 is 8.42 Å². The van der Waals surface area contributed by atoms with Crippen molar-refractivity contribution in [1.29, 1.82) is 0 Å². The first-order valence-electron chi connectivity index (χ1n) is 6.70. The molecule has 1 aliphatic carbocycles. The number of rotatable bonds is 3. The van der Waals surface area contributed by atoms with Crippen molar-refractivity contribution in [2.75, 3.05) is 11.1 Å². The number of nitrogens with one attached hydrogen (secondary N) is 1. The molecule has 1 heterocycles. The van der Waals surface area contributed by atoms with Crippen molar-refractivity contribution in [2.45, 2.75) is 30.2 Å². The Labute approximate surface area is 128 Å². The van der Waals surface area contributed by atoms with Crippen molar-refractivity contribution in [3.63, 3.8) is 0 Å². The van der Waals surface area contributed by atoms with Crippen LogP contribution in [0.2, 0.25) is 0 Å². The van der Waals surface area contributed by atoms with Gasteiger partial charge in [0.05, 0.1) is 22.3 Å². The molecular weight excluding hydrogens is 306 g/mol. The number of hydrogen-bond acceptors (Lipinski definition) is 5. The molecule has 1 aromatic carbocycles. The quantitative estimate of drug-likeness (QED) is 0.756. The van der Waals surface area contributed by atoms with Gasteiger partial charge in [-0.1, -0.05) is 0 Å². The summed E-state index contributed by atoms with van der Waals surface area (Å²) in [5, 5.41) is 10.6. The molecule has 0 bridgehead atoms. The predicted molar refractivity (Wildman–Crippen MR) is 85.8 cm³/mol. The fraction of sp³-hybridized carbons (Fsp3) is 0.286. The molecule has 7 heteroatoms. The minimum absolute atomic E-state index is 0.0700. The second-order valence-corrected chi connectivity index (χ2v) is 7.74. The summed E-state index contributed by atoms with van der Waals surface area (Å²) in [5.41, 5.74) is 8.37. The largest absolute Gasteiger partial charge is 0.397 e. The number of anilines is 2. The molecule has 112 valence electrons. The van der Waals surface area contributed by atoms with E-state index in [2.05, 4.69) is 16.8 Å². The lowest BCUT2D eigenvalue weighted by Crippen LogP contribution is -2.17. The summed E-state index contributed by atoms with van der Waals surface area (Å²) >= 11 is 1.76. The van der Waals surface area contributed by atoms with Crippen molar-refractivity contribution >= 4 is 32.7 Å². The van der Waals surface area contributed by atoms with Gasteiger partial charge in [-0.2, -0.15) is 0 Å². The highest BCUT2D eigenvalue weighted by Crippen LogP contribution is 2.36. The first-order valence-corrected chi connectivity index (χ1v) is 9.13. The van der Waals surface area contributed by atoms with Crippen LogP contribution in [-0.4, -0.2) is 8.42 Å². The molecular formula is C14H17N3O2S2. The SMILES string of the molecule is Nc1ccc(S(N)(=O)=O)cc1NC1CCCc2sccc21. The smallest absolute Gasteiger partial charge is 0.238 e. The normalized spacial score (nSPS) is 18.2. The van der Waals surface area contributed by atoms with Crippen LogP contribution in [0.5, 0.6) is 0 Å². The number of fused-ring (bicyclic) bond motifs is 1. The molecule has 0 aliphatic heterocycles.